The van der Waals surface area contributed by atoms with Crippen LogP contribution in [0.4, 0.5) is 15.8 Å². The van der Waals surface area contributed by atoms with Crippen LogP contribution in [0.1, 0.15) is 11.1 Å². The standard InChI is InChI=1S/C24H17FN2O5S2/c1-31-21-11-16(7-10-20(21)32-14-15-5-8-18(9-6-15)27(29)30)12-22-23(28)26(24(33)34-22)19-4-2-3-17(25)13-19/h2-13H,14H2,1H3/b22-12+. The third-order valence-electron chi connectivity index (χ3n) is 4.89. The number of nitro groups is 1. The number of non-ortho nitro benzene ring substituents is 1. The van der Waals surface area contributed by atoms with E-state index >= 15 is 0 Å². The molecule has 34 heavy (non-hydrogen) atoms. The fourth-order valence-corrected chi connectivity index (χ4v) is 4.52. The Morgan fingerprint density at radius 2 is 1.88 bits per heavy atom. The number of ether oxygens (including phenoxy) is 2. The maximum Gasteiger partial charge on any atom is 0.270 e. The largest absolute Gasteiger partial charge is 0.493 e. The van der Waals surface area contributed by atoms with Crippen molar-refractivity contribution in [3.63, 3.8) is 0 Å². The second-order valence-corrected chi connectivity index (χ2v) is 8.80. The van der Waals surface area contributed by atoms with E-state index in [9.17, 15) is 19.3 Å². The van der Waals surface area contributed by atoms with Crippen molar-refractivity contribution >= 4 is 51.7 Å². The minimum atomic E-state index is -0.460. The zero-order chi connectivity index (χ0) is 24.2. The lowest BCUT2D eigenvalue weighted by atomic mass is 10.1. The van der Waals surface area contributed by atoms with Gasteiger partial charge in [0.25, 0.3) is 11.6 Å². The van der Waals surface area contributed by atoms with Gasteiger partial charge in [-0.1, -0.05) is 36.1 Å². The van der Waals surface area contributed by atoms with Crippen molar-refractivity contribution in [1.82, 2.24) is 0 Å². The van der Waals surface area contributed by atoms with Crippen molar-refractivity contribution in [2.75, 3.05) is 12.0 Å². The summed E-state index contributed by atoms with van der Waals surface area (Å²) in [7, 11) is 1.50. The van der Waals surface area contributed by atoms with Crippen LogP contribution in [0.3, 0.4) is 0 Å². The lowest BCUT2D eigenvalue weighted by Gasteiger charge is -2.14. The smallest absolute Gasteiger partial charge is 0.270 e. The second-order valence-electron chi connectivity index (χ2n) is 7.12. The average Bonchev–Trinajstić information content (AvgIpc) is 3.10. The Morgan fingerprint density at radius 1 is 1.12 bits per heavy atom. The molecule has 7 nitrogen and oxygen atoms in total. The van der Waals surface area contributed by atoms with Crippen LogP contribution in [0.15, 0.2) is 71.6 Å². The normalized spacial score (nSPS) is 14.5. The summed E-state index contributed by atoms with van der Waals surface area (Å²) in [4.78, 5) is 24.9. The first-order chi connectivity index (χ1) is 16.4. The van der Waals surface area contributed by atoms with E-state index in [0.717, 1.165) is 17.3 Å². The summed E-state index contributed by atoms with van der Waals surface area (Å²) in [6.07, 6.45) is 1.68. The van der Waals surface area contributed by atoms with Gasteiger partial charge >= 0.3 is 0 Å². The summed E-state index contributed by atoms with van der Waals surface area (Å²) in [5.41, 5.74) is 1.84. The molecule has 0 aromatic heterocycles. The van der Waals surface area contributed by atoms with E-state index in [2.05, 4.69) is 0 Å². The number of thiocarbonyl (C=S) groups is 1. The first kappa shape index (κ1) is 23.4. The van der Waals surface area contributed by atoms with E-state index in [1.54, 1.807) is 42.5 Å². The van der Waals surface area contributed by atoms with E-state index < -0.39 is 10.7 Å². The number of anilines is 1. The Balaban J connectivity index is 1.50. The fourth-order valence-electron chi connectivity index (χ4n) is 3.23. The minimum Gasteiger partial charge on any atom is -0.493 e. The van der Waals surface area contributed by atoms with Gasteiger partial charge in [0.1, 0.15) is 12.4 Å². The van der Waals surface area contributed by atoms with Gasteiger partial charge in [-0.2, -0.15) is 0 Å². The molecule has 0 aliphatic carbocycles. The molecule has 1 aliphatic rings. The zero-order valence-corrected chi connectivity index (χ0v) is 19.4. The molecule has 3 aromatic carbocycles. The van der Waals surface area contributed by atoms with Crippen LogP contribution in [0, 0.1) is 15.9 Å². The van der Waals surface area contributed by atoms with Gasteiger partial charge in [-0.05, 0) is 59.7 Å². The summed E-state index contributed by atoms with van der Waals surface area (Å²) in [5.74, 6) is 0.143. The van der Waals surface area contributed by atoms with Crippen molar-refractivity contribution in [2.45, 2.75) is 6.61 Å². The molecular weight excluding hydrogens is 479 g/mol. The maximum atomic E-state index is 13.6. The van der Waals surface area contributed by atoms with Crippen LogP contribution in [0.2, 0.25) is 0 Å². The van der Waals surface area contributed by atoms with Crippen molar-refractivity contribution in [3.8, 4) is 11.5 Å². The van der Waals surface area contributed by atoms with Gasteiger partial charge < -0.3 is 9.47 Å². The molecule has 1 amide bonds. The molecule has 0 atom stereocenters. The second kappa shape index (κ2) is 10.0. The van der Waals surface area contributed by atoms with E-state index in [-0.39, 0.29) is 18.2 Å². The number of benzene rings is 3. The fraction of sp³-hybridized carbons (Fsp3) is 0.0833. The number of carbonyl (C=O) groups excluding carboxylic acids is 1. The van der Waals surface area contributed by atoms with Gasteiger partial charge in [0.15, 0.2) is 15.8 Å². The summed E-state index contributed by atoms with van der Waals surface area (Å²) in [6.45, 7) is 0.194. The number of methoxy groups -OCH3 is 1. The zero-order valence-electron chi connectivity index (χ0n) is 17.8. The molecule has 1 heterocycles. The molecule has 0 spiro atoms. The molecule has 0 saturated carbocycles. The lowest BCUT2D eigenvalue weighted by Crippen LogP contribution is -2.27. The van der Waals surface area contributed by atoms with E-state index in [1.165, 1.54) is 42.3 Å². The van der Waals surface area contributed by atoms with Crippen molar-refractivity contribution in [1.29, 1.82) is 0 Å². The SMILES string of the molecule is COc1cc(/C=C2/SC(=S)N(c3cccc(F)c3)C2=O)ccc1OCc1ccc([N+](=O)[O-])cc1. The molecular formula is C24H17FN2O5S2. The Bertz CT molecular complexity index is 1310. The quantitative estimate of drug-likeness (QED) is 0.179. The number of amides is 1. The Labute approximate surface area is 203 Å². The predicted octanol–water partition coefficient (Wildman–Crippen LogP) is 5.73. The average molecular weight is 497 g/mol. The van der Waals surface area contributed by atoms with Crippen LogP contribution in [0.25, 0.3) is 6.08 Å². The highest BCUT2D eigenvalue weighted by molar-refractivity contribution is 8.27. The molecule has 0 N–H and O–H groups in total. The molecule has 10 heteroatoms. The number of nitrogens with zero attached hydrogens (tertiary/aromatic N) is 2. The van der Waals surface area contributed by atoms with Crippen LogP contribution in [-0.4, -0.2) is 22.3 Å². The highest BCUT2D eigenvalue weighted by atomic mass is 32.2. The van der Waals surface area contributed by atoms with E-state index in [1.807, 2.05) is 0 Å². The summed E-state index contributed by atoms with van der Waals surface area (Å²) in [6, 6.07) is 17.0. The number of rotatable bonds is 7. The van der Waals surface area contributed by atoms with E-state index in [0.29, 0.717) is 32.0 Å². The Kier molecular flexibility index (Phi) is 6.90. The highest BCUT2D eigenvalue weighted by Crippen LogP contribution is 2.37. The molecule has 1 aliphatic heterocycles. The lowest BCUT2D eigenvalue weighted by molar-refractivity contribution is -0.384. The van der Waals surface area contributed by atoms with Gasteiger partial charge in [-0.3, -0.25) is 19.8 Å². The predicted molar refractivity (Wildman–Crippen MR) is 132 cm³/mol. The van der Waals surface area contributed by atoms with Crippen molar-refractivity contribution < 1.29 is 23.6 Å². The van der Waals surface area contributed by atoms with Gasteiger partial charge in [0, 0.05) is 12.1 Å². The Morgan fingerprint density at radius 3 is 2.56 bits per heavy atom. The Hall–Kier alpha value is -3.76. The van der Waals surface area contributed by atoms with Crippen molar-refractivity contribution in [2.24, 2.45) is 0 Å². The number of hydrogen-bond acceptors (Lipinski definition) is 7. The first-order valence-corrected chi connectivity index (χ1v) is 11.2. The maximum absolute atomic E-state index is 13.6. The third-order valence-corrected chi connectivity index (χ3v) is 6.19. The number of thioether (sulfide) groups is 1. The van der Waals surface area contributed by atoms with Gasteiger partial charge in [-0.15, -0.1) is 0 Å². The van der Waals surface area contributed by atoms with Crippen LogP contribution in [-0.2, 0) is 11.4 Å². The molecule has 1 saturated heterocycles. The molecule has 172 valence electrons. The summed E-state index contributed by atoms with van der Waals surface area (Å²) in [5, 5.41) is 10.8. The number of carbonyl (C=O) groups is 1. The van der Waals surface area contributed by atoms with Crippen LogP contribution in [0.5, 0.6) is 11.5 Å². The molecule has 3 aromatic rings. The van der Waals surface area contributed by atoms with Crippen LogP contribution >= 0.6 is 24.0 Å². The van der Waals surface area contributed by atoms with Crippen molar-refractivity contribution in [3.05, 3.63) is 98.7 Å². The van der Waals surface area contributed by atoms with Gasteiger partial charge in [0.05, 0.1) is 22.6 Å². The topological polar surface area (TPSA) is 81.9 Å². The van der Waals surface area contributed by atoms with Gasteiger partial charge in [0.2, 0.25) is 0 Å². The van der Waals surface area contributed by atoms with Crippen LogP contribution < -0.4 is 14.4 Å². The van der Waals surface area contributed by atoms with E-state index in [4.69, 9.17) is 21.7 Å². The summed E-state index contributed by atoms with van der Waals surface area (Å²) >= 11 is 6.46. The molecule has 4 rings (SSSR count). The van der Waals surface area contributed by atoms with Gasteiger partial charge in [-0.25, -0.2) is 4.39 Å². The summed E-state index contributed by atoms with van der Waals surface area (Å²) < 4.78 is 25.2. The molecule has 0 unspecified atom stereocenters. The number of nitro benzene ring substituents is 1. The molecule has 0 bridgehead atoms. The third kappa shape index (κ3) is 5.08. The molecule has 0 radical (unpaired) electrons. The highest BCUT2D eigenvalue weighted by Gasteiger charge is 2.33. The minimum absolute atomic E-state index is 0.00787. The number of halogens is 1. The first-order valence-electron chi connectivity index (χ1n) is 9.93. The molecule has 1 fully saturated rings. The monoisotopic (exact) mass is 496 g/mol. The number of hydrogen-bond donors (Lipinski definition) is 0.